The summed E-state index contributed by atoms with van der Waals surface area (Å²) in [5, 5.41) is 0.516. The van der Waals surface area contributed by atoms with Crippen LogP contribution in [-0.4, -0.2) is 12.9 Å². The van der Waals surface area contributed by atoms with E-state index in [0.29, 0.717) is 16.1 Å². The second-order valence-corrected chi connectivity index (χ2v) is 5.73. The number of carbonyl (C=O) groups is 1. The summed E-state index contributed by atoms with van der Waals surface area (Å²) in [5.74, 6) is -0.550. The Bertz CT molecular complexity index is 658. The summed E-state index contributed by atoms with van der Waals surface area (Å²) in [5.41, 5.74) is 0.779. The molecule has 104 valence electrons. The average molecular weight is 405 g/mol. The minimum Gasteiger partial charge on any atom is -0.494 e. The predicted octanol–water partition coefficient (Wildman–Crippen LogP) is 4.52. The van der Waals surface area contributed by atoms with Gasteiger partial charge >= 0.3 is 0 Å². The van der Waals surface area contributed by atoms with Gasteiger partial charge in [0.15, 0.2) is 17.3 Å². The zero-order chi connectivity index (χ0) is 14.7. The van der Waals surface area contributed by atoms with E-state index in [4.69, 9.17) is 16.3 Å². The molecule has 0 radical (unpaired) electrons. The van der Waals surface area contributed by atoms with E-state index in [2.05, 4.69) is 22.6 Å². The molecule has 20 heavy (non-hydrogen) atoms. The van der Waals surface area contributed by atoms with Gasteiger partial charge in [0.2, 0.25) is 0 Å². The van der Waals surface area contributed by atoms with Crippen LogP contribution in [0.3, 0.4) is 0 Å². The minimum absolute atomic E-state index is 0.0278. The van der Waals surface area contributed by atoms with Crippen molar-refractivity contribution >= 4 is 40.0 Å². The fraction of sp³-hybridized carbons (Fsp3) is 0.133. The van der Waals surface area contributed by atoms with Crippen molar-refractivity contribution in [3.8, 4) is 5.75 Å². The fourth-order valence-corrected chi connectivity index (χ4v) is 2.31. The second kappa shape index (κ2) is 6.54. The Balaban J connectivity index is 2.25. The molecule has 0 heterocycles. The number of carbonyl (C=O) groups excluding carboxylic acids is 1. The zero-order valence-corrected chi connectivity index (χ0v) is 13.5. The molecule has 0 aliphatic carbocycles. The largest absolute Gasteiger partial charge is 0.494 e. The van der Waals surface area contributed by atoms with Gasteiger partial charge in [-0.05, 0) is 46.4 Å². The molecule has 2 rings (SSSR count). The Morgan fingerprint density at radius 3 is 2.75 bits per heavy atom. The maximum Gasteiger partial charge on any atom is 0.168 e. The van der Waals surface area contributed by atoms with Crippen LogP contribution in [0, 0.1) is 9.39 Å². The Labute approximate surface area is 135 Å². The standard InChI is InChI=1S/C15H11ClFIO2/c1-20-14-4-2-3-10(15(14)17)8-13(19)9-5-6-12(18)11(16)7-9/h2-7H,8H2,1H3. The first-order valence-corrected chi connectivity index (χ1v) is 7.28. The third-order valence-corrected chi connectivity index (χ3v) is 4.43. The average Bonchev–Trinajstić information content (AvgIpc) is 2.44. The molecule has 0 aliphatic rings. The van der Waals surface area contributed by atoms with E-state index in [1.54, 1.807) is 30.3 Å². The Hall–Kier alpha value is -1.14. The van der Waals surface area contributed by atoms with E-state index >= 15 is 0 Å². The third kappa shape index (κ3) is 3.30. The maximum absolute atomic E-state index is 14.0. The summed E-state index contributed by atoms with van der Waals surface area (Å²) in [4.78, 5) is 12.2. The van der Waals surface area contributed by atoms with Crippen LogP contribution in [0.4, 0.5) is 4.39 Å². The van der Waals surface area contributed by atoms with Crippen molar-refractivity contribution in [1.82, 2.24) is 0 Å². The minimum atomic E-state index is -0.500. The first kappa shape index (κ1) is 15.3. The van der Waals surface area contributed by atoms with Gasteiger partial charge in [0, 0.05) is 15.6 Å². The highest BCUT2D eigenvalue weighted by atomic mass is 127. The second-order valence-electron chi connectivity index (χ2n) is 4.16. The molecule has 2 aromatic carbocycles. The van der Waals surface area contributed by atoms with Crippen molar-refractivity contribution in [2.24, 2.45) is 0 Å². The molecule has 0 saturated carbocycles. The number of ketones is 1. The Kier molecular flexibility index (Phi) is 4.99. The van der Waals surface area contributed by atoms with E-state index in [1.807, 2.05) is 0 Å². The molecule has 0 saturated heterocycles. The van der Waals surface area contributed by atoms with E-state index in [9.17, 15) is 9.18 Å². The number of halogens is 3. The highest BCUT2D eigenvalue weighted by Gasteiger charge is 2.14. The van der Waals surface area contributed by atoms with E-state index in [0.717, 1.165) is 3.57 Å². The quantitative estimate of drug-likeness (QED) is 0.553. The van der Waals surface area contributed by atoms with Crippen LogP contribution in [-0.2, 0) is 6.42 Å². The SMILES string of the molecule is COc1cccc(CC(=O)c2ccc(I)c(Cl)c2)c1F. The van der Waals surface area contributed by atoms with E-state index < -0.39 is 5.82 Å². The number of benzene rings is 2. The van der Waals surface area contributed by atoms with Gasteiger partial charge in [-0.25, -0.2) is 4.39 Å². The van der Waals surface area contributed by atoms with Gasteiger partial charge in [-0.3, -0.25) is 4.79 Å². The predicted molar refractivity (Wildman–Crippen MR) is 85.2 cm³/mol. The monoisotopic (exact) mass is 404 g/mol. The van der Waals surface area contributed by atoms with Crippen LogP contribution < -0.4 is 4.74 Å². The lowest BCUT2D eigenvalue weighted by molar-refractivity contribution is 0.0991. The molecule has 0 atom stereocenters. The van der Waals surface area contributed by atoms with Crippen molar-refractivity contribution in [2.45, 2.75) is 6.42 Å². The molecule has 0 spiro atoms. The van der Waals surface area contributed by atoms with Crippen molar-refractivity contribution in [2.75, 3.05) is 7.11 Å². The van der Waals surface area contributed by atoms with E-state index in [-0.39, 0.29) is 18.0 Å². The van der Waals surface area contributed by atoms with Crippen molar-refractivity contribution < 1.29 is 13.9 Å². The van der Waals surface area contributed by atoms with Gasteiger partial charge in [0.05, 0.1) is 12.1 Å². The highest BCUT2D eigenvalue weighted by molar-refractivity contribution is 14.1. The Morgan fingerprint density at radius 1 is 1.35 bits per heavy atom. The summed E-state index contributed by atoms with van der Waals surface area (Å²) in [7, 11) is 1.39. The molecule has 0 unspecified atom stereocenters. The van der Waals surface area contributed by atoms with Crippen LogP contribution in [0.5, 0.6) is 5.75 Å². The maximum atomic E-state index is 14.0. The van der Waals surface area contributed by atoms with Crippen molar-refractivity contribution in [3.05, 3.63) is 61.9 Å². The number of Topliss-reactive ketones (excluding diaryl/α,β-unsaturated/α-hetero) is 1. The summed E-state index contributed by atoms with van der Waals surface area (Å²) in [6.07, 6.45) is -0.0278. The molecule has 0 aromatic heterocycles. The molecule has 0 aliphatic heterocycles. The Morgan fingerprint density at radius 2 is 2.10 bits per heavy atom. The summed E-state index contributed by atoms with van der Waals surface area (Å²) in [6, 6.07) is 9.80. The van der Waals surface area contributed by atoms with Crippen LogP contribution >= 0.6 is 34.2 Å². The molecule has 2 aromatic rings. The van der Waals surface area contributed by atoms with E-state index in [1.165, 1.54) is 13.2 Å². The molecule has 0 bridgehead atoms. The van der Waals surface area contributed by atoms with Crippen LogP contribution in [0.15, 0.2) is 36.4 Å². The lowest BCUT2D eigenvalue weighted by Gasteiger charge is -2.07. The summed E-state index contributed by atoms with van der Waals surface area (Å²) in [6.45, 7) is 0. The fourth-order valence-electron chi connectivity index (χ4n) is 1.80. The smallest absolute Gasteiger partial charge is 0.168 e. The molecule has 0 N–H and O–H groups in total. The molecular weight excluding hydrogens is 394 g/mol. The van der Waals surface area contributed by atoms with Crippen LogP contribution in [0.2, 0.25) is 5.02 Å². The molecule has 0 fully saturated rings. The highest BCUT2D eigenvalue weighted by Crippen LogP contribution is 2.23. The zero-order valence-electron chi connectivity index (χ0n) is 10.6. The number of methoxy groups -OCH3 is 1. The van der Waals surface area contributed by atoms with Gasteiger partial charge in [0.1, 0.15) is 0 Å². The first-order chi connectivity index (χ1) is 9.52. The van der Waals surface area contributed by atoms with Gasteiger partial charge in [-0.1, -0.05) is 29.8 Å². The number of rotatable bonds is 4. The van der Waals surface area contributed by atoms with Gasteiger partial charge < -0.3 is 4.74 Å². The molecule has 0 amide bonds. The topological polar surface area (TPSA) is 26.3 Å². The van der Waals surface area contributed by atoms with Crippen molar-refractivity contribution in [3.63, 3.8) is 0 Å². The molecule has 2 nitrogen and oxygen atoms in total. The van der Waals surface area contributed by atoms with Crippen LogP contribution in [0.1, 0.15) is 15.9 Å². The number of hydrogen-bond acceptors (Lipinski definition) is 2. The van der Waals surface area contributed by atoms with Gasteiger partial charge in [-0.15, -0.1) is 0 Å². The number of hydrogen-bond donors (Lipinski definition) is 0. The van der Waals surface area contributed by atoms with Gasteiger partial charge in [-0.2, -0.15) is 0 Å². The molecule has 5 heteroatoms. The number of ether oxygens (including phenoxy) is 1. The third-order valence-electron chi connectivity index (χ3n) is 2.86. The van der Waals surface area contributed by atoms with Crippen LogP contribution in [0.25, 0.3) is 0 Å². The van der Waals surface area contributed by atoms with Gasteiger partial charge in [0.25, 0.3) is 0 Å². The first-order valence-electron chi connectivity index (χ1n) is 5.82. The lowest BCUT2D eigenvalue weighted by atomic mass is 10.0. The van der Waals surface area contributed by atoms with Crippen molar-refractivity contribution in [1.29, 1.82) is 0 Å². The summed E-state index contributed by atoms with van der Waals surface area (Å²) >= 11 is 8.07. The molecular formula is C15H11ClFIO2. The summed E-state index contributed by atoms with van der Waals surface area (Å²) < 4.78 is 19.8. The normalized spacial score (nSPS) is 10.4. The lowest BCUT2D eigenvalue weighted by Crippen LogP contribution is -2.06.